The Hall–Kier alpha value is -1.67. The number of imidazole rings is 1. The highest BCUT2D eigenvalue weighted by Gasteiger charge is 2.64. The summed E-state index contributed by atoms with van der Waals surface area (Å²) in [6, 6.07) is 0. The first-order chi connectivity index (χ1) is 13.0. The van der Waals surface area contributed by atoms with Crippen LogP contribution in [-0.4, -0.2) is 59.6 Å². The van der Waals surface area contributed by atoms with Crippen LogP contribution >= 0.6 is 22.6 Å². The smallest absolute Gasteiger partial charge is 0.249 e. The second-order valence-corrected chi connectivity index (χ2v) is 7.82. The van der Waals surface area contributed by atoms with Crippen molar-refractivity contribution in [3.63, 3.8) is 0 Å². The Bertz CT molecular complexity index is 908. The molecule has 0 saturated carbocycles. The maximum atomic E-state index is 15.2. The van der Waals surface area contributed by atoms with E-state index in [1.165, 1.54) is 10.9 Å². The summed E-state index contributed by atoms with van der Waals surface area (Å²) in [4.78, 5) is 24.6. The van der Waals surface area contributed by atoms with Crippen LogP contribution in [0.1, 0.15) is 27.0 Å². The molecule has 1 fully saturated rings. The molecule has 0 radical (unpaired) electrons. The Morgan fingerprint density at radius 2 is 2.14 bits per heavy atom. The molecule has 0 unspecified atom stereocenters. The molecule has 1 amide bonds. The highest BCUT2D eigenvalue weighted by Crippen LogP contribution is 2.49. The molecule has 3 N–H and O–H groups in total. The number of nitrogens with zero attached hydrogens (tertiary/aromatic N) is 4. The number of carbonyl (C=O) groups is 1. The number of amides is 1. The molecule has 0 aromatic carbocycles. The molecule has 1 saturated heterocycles. The number of ether oxygens (including phenoxy) is 1. The Labute approximate surface area is 173 Å². The van der Waals surface area contributed by atoms with Gasteiger partial charge in [-0.05, 0) is 6.92 Å². The van der Waals surface area contributed by atoms with Crippen molar-refractivity contribution in [2.75, 3.05) is 22.1 Å². The van der Waals surface area contributed by atoms with E-state index in [0.717, 1.165) is 6.92 Å². The van der Waals surface area contributed by atoms with Gasteiger partial charge in [-0.15, -0.1) is 0 Å². The number of rotatable bonds is 5. The zero-order chi connectivity index (χ0) is 20.9. The van der Waals surface area contributed by atoms with Crippen LogP contribution in [0, 0.1) is 5.92 Å². The van der Waals surface area contributed by atoms with Gasteiger partial charge in [0.05, 0.1) is 10.8 Å². The highest BCUT2D eigenvalue weighted by atomic mass is 127. The quantitative estimate of drug-likeness (QED) is 0.418. The van der Waals surface area contributed by atoms with E-state index in [0.29, 0.717) is 5.82 Å². The standard InChI is InChI=1S/C16H21F2IN6O3/c1-7(2)11(26)24-14-22-9(20-4)8-10(23-14)25(6-21-8)13-15(3,17)12(27)16(18,5-19)28-13/h6-7,12-13,27H,5H2,1-4H3,(H2,20,22,23,24,26)/t12-,13+,15+,16+/m0/s1. The summed E-state index contributed by atoms with van der Waals surface area (Å²) >= 11 is 1.69. The van der Waals surface area contributed by atoms with Crippen molar-refractivity contribution in [2.45, 2.75) is 44.6 Å². The Kier molecular flexibility index (Phi) is 5.49. The van der Waals surface area contributed by atoms with Crippen LogP contribution in [0.5, 0.6) is 0 Å². The van der Waals surface area contributed by atoms with E-state index >= 15 is 4.39 Å². The van der Waals surface area contributed by atoms with Crippen molar-refractivity contribution in [1.82, 2.24) is 19.5 Å². The molecule has 0 aliphatic carbocycles. The number of carbonyl (C=O) groups excluding carboxylic acids is 1. The Balaban J connectivity index is 2.11. The topological polar surface area (TPSA) is 114 Å². The number of hydrogen-bond acceptors (Lipinski definition) is 7. The van der Waals surface area contributed by atoms with Crippen LogP contribution < -0.4 is 10.6 Å². The van der Waals surface area contributed by atoms with Crippen LogP contribution in [0.2, 0.25) is 0 Å². The van der Waals surface area contributed by atoms with Gasteiger partial charge in [-0.1, -0.05) is 36.4 Å². The van der Waals surface area contributed by atoms with Gasteiger partial charge in [-0.2, -0.15) is 9.97 Å². The number of aromatic nitrogens is 4. The summed E-state index contributed by atoms with van der Waals surface area (Å²) in [5.74, 6) is -2.89. The Morgan fingerprint density at radius 3 is 2.68 bits per heavy atom. The lowest BCUT2D eigenvalue weighted by molar-refractivity contribution is -0.167. The molecule has 2 aromatic heterocycles. The van der Waals surface area contributed by atoms with Gasteiger partial charge in [0.2, 0.25) is 17.7 Å². The molecule has 1 aliphatic rings. The summed E-state index contributed by atoms with van der Waals surface area (Å²) in [6.45, 7) is 4.48. The number of anilines is 2. The fourth-order valence-corrected chi connectivity index (χ4v) is 3.52. The van der Waals surface area contributed by atoms with Crippen molar-refractivity contribution in [2.24, 2.45) is 5.92 Å². The third kappa shape index (κ3) is 3.30. The first-order valence-corrected chi connectivity index (χ1v) is 10.1. The highest BCUT2D eigenvalue weighted by molar-refractivity contribution is 14.1. The van der Waals surface area contributed by atoms with Crippen molar-refractivity contribution in [3.05, 3.63) is 6.33 Å². The minimum Gasteiger partial charge on any atom is -0.384 e. The van der Waals surface area contributed by atoms with E-state index in [4.69, 9.17) is 4.74 Å². The lowest BCUT2D eigenvalue weighted by atomic mass is 9.98. The van der Waals surface area contributed by atoms with Crippen molar-refractivity contribution in [1.29, 1.82) is 0 Å². The molecule has 3 rings (SSSR count). The zero-order valence-electron chi connectivity index (χ0n) is 15.7. The van der Waals surface area contributed by atoms with E-state index < -0.39 is 23.9 Å². The van der Waals surface area contributed by atoms with Crippen molar-refractivity contribution in [3.8, 4) is 0 Å². The molecule has 12 heteroatoms. The van der Waals surface area contributed by atoms with Gasteiger partial charge in [0.15, 0.2) is 35.0 Å². The van der Waals surface area contributed by atoms with Crippen LogP contribution in [0.4, 0.5) is 20.5 Å². The van der Waals surface area contributed by atoms with Crippen LogP contribution in [0.15, 0.2) is 6.33 Å². The Morgan fingerprint density at radius 1 is 1.46 bits per heavy atom. The first kappa shape index (κ1) is 21.0. The SMILES string of the molecule is CNc1nc(NC(=O)C(C)C)nc2c1ncn2[C@@H]1O[C@](F)(CI)[C@@H](O)[C@@]1(C)F. The number of fused-ring (bicyclic) bond motifs is 1. The number of halogens is 3. The normalized spacial score (nSPS) is 30.2. The largest absolute Gasteiger partial charge is 0.384 e. The lowest BCUT2D eigenvalue weighted by Crippen LogP contribution is -2.45. The molecule has 0 spiro atoms. The molecule has 28 heavy (non-hydrogen) atoms. The predicted octanol–water partition coefficient (Wildman–Crippen LogP) is 2.18. The predicted molar refractivity (Wildman–Crippen MR) is 107 cm³/mol. The number of hydrogen-bond donors (Lipinski definition) is 3. The van der Waals surface area contributed by atoms with Gasteiger partial charge in [-0.3, -0.25) is 14.7 Å². The number of alkyl halides is 3. The van der Waals surface area contributed by atoms with Crippen LogP contribution in [-0.2, 0) is 9.53 Å². The average Bonchev–Trinajstić information content (AvgIpc) is 3.14. The van der Waals surface area contributed by atoms with Crippen LogP contribution in [0.25, 0.3) is 11.2 Å². The van der Waals surface area contributed by atoms with Gasteiger partial charge >= 0.3 is 0 Å². The zero-order valence-corrected chi connectivity index (χ0v) is 17.9. The number of aliphatic hydroxyl groups is 1. The summed E-state index contributed by atoms with van der Waals surface area (Å²) < 4.78 is 36.2. The van der Waals surface area contributed by atoms with E-state index in [1.54, 1.807) is 43.5 Å². The van der Waals surface area contributed by atoms with Gasteiger partial charge in [0, 0.05) is 13.0 Å². The third-order valence-electron chi connectivity index (χ3n) is 4.59. The van der Waals surface area contributed by atoms with E-state index in [9.17, 15) is 14.3 Å². The summed E-state index contributed by atoms with van der Waals surface area (Å²) in [7, 11) is 1.60. The van der Waals surface area contributed by atoms with Gasteiger partial charge < -0.3 is 15.2 Å². The summed E-state index contributed by atoms with van der Waals surface area (Å²) in [5, 5.41) is 15.5. The second-order valence-electron chi connectivity index (χ2n) is 7.06. The fourth-order valence-electron chi connectivity index (χ4n) is 2.93. The van der Waals surface area contributed by atoms with E-state index in [-0.39, 0.29) is 33.4 Å². The van der Waals surface area contributed by atoms with Crippen molar-refractivity contribution < 1.29 is 23.4 Å². The van der Waals surface area contributed by atoms with Gasteiger partial charge in [0.25, 0.3) is 0 Å². The van der Waals surface area contributed by atoms with E-state index in [1.807, 2.05) is 0 Å². The molecule has 3 heterocycles. The van der Waals surface area contributed by atoms with E-state index in [2.05, 4.69) is 25.6 Å². The second kappa shape index (κ2) is 7.30. The molecule has 0 bridgehead atoms. The molecule has 4 atom stereocenters. The first-order valence-electron chi connectivity index (χ1n) is 8.58. The molecule has 2 aromatic rings. The fraction of sp³-hybridized carbons (Fsp3) is 0.625. The third-order valence-corrected chi connectivity index (χ3v) is 5.63. The lowest BCUT2D eigenvalue weighted by Gasteiger charge is -2.24. The maximum absolute atomic E-state index is 15.2. The number of aliphatic hydroxyl groups excluding tert-OH is 1. The maximum Gasteiger partial charge on any atom is 0.249 e. The average molecular weight is 510 g/mol. The monoisotopic (exact) mass is 510 g/mol. The molecular formula is C16H21F2IN6O3. The molecular weight excluding hydrogens is 489 g/mol. The molecule has 9 nitrogen and oxygen atoms in total. The molecule has 1 aliphatic heterocycles. The minimum atomic E-state index is -2.56. The van der Waals surface area contributed by atoms with Crippen molar-refractivity contribution >= 4 is 51.4 Å². The summed E-state index contributed by atoms with van der Waals surface area (Å²) in [6.07, 6.45) is -2.27. The number of nitrogens with one attached hydrogen (secondary N) is 2. The summed E-state index contributed by atoms with van der Waals surface area (Å²) in [5.41, 5.74) is -2.04. The van der Waals surface area contributed by atoms with Gasteiger partial charge in [0.1, 0.15) is 0 Å². The van der Waals surface area contributed by atoms with Crippen LogP contribution in [0.3, 0.4) is 0 Å². The minimum absolute atomic E-state index is 0.0168. The molecule has 154 valence electrons. The van der Waals surface area contributed by atoms with Gasteiger partial charge in [-0.25, -0.2) is 13.8 Å².